The Kier molecular flexibility index (Phi) is 12.3. The smallest absolute Gasteiger partial charge is 0.419 e. The fraction of sp³-hybridized carbons (Fsp3) is 0.452. The summed E-state index contributed by atoms with van der Waals surface area (Å²) in [4.78, 5) is 69.4. The fourth-order valence-corrected chi connectivity index (χ4v) is 6.92. The largest absolute Gasteiger partial charge is 0.506 e. The summed E-state index contributed by atoms with van der Waals surface area (Å²) in [5.74, 6) is -0.943. The standard InChI is InChI=1S/C25H30N4O4.C17H25N3O4/c1-25(2)22(30)28(19-12-13-20-21(17-19)33-24(32)27(20)3)15-16-29(25)23(31)26-14-8-7-11-18-9-5-4-6-10-18;1-16(2,3)24-15(23)20-9-8-19(14(22)17(20,4)5)11-6-7-12(18)13(21)10-11/h4-6,9-10,12-13,17H,7-8,11,14-16H2,1-3H3,(H,26,31);6-7,10,21H,8-9,18H2,1-5H3. The third-order valence-corrected chi connectivity index (χ3v) is 10.3. The molecule has 0 aliphatic carbocycles. The predicted molar refractivity (Wildman–Crippen MR) is 219 cm³/mol. The number of urea groups is 1. The molecule has 2 fully saturated rings. The van der Waals surface area contributed by atoms with Crippen LogP contribution in [0.3, 0.4) is 0 Å². The summed E-state index contributed by atoms with van der Waals surface area (Å²) in [5, 5.41) is 12.7. The summed E-state index contributed by atoms with van der Waals surface area (Å²) in [7, 11) is 1.64. The maximum atomic E-state index is 13.3. The second-order valence-corrected chi connectivity index (χ2v) is 16.3. The Labute approximate surface area is 332 Å². The zero-order chi connectivity index (χ0) is 41.9. The topological polar surface area (TPSA) is 184 Å². The highest BCUT2D eigenvalue weighted by atomic mass is 16.6. The molecule has 57 heavy (non-hydrogen) atoms. The number of ether oxygens (including phenoxy) is 1. The van der Waals surface area contributed by atoms with Crippen LogP contribution in [0.1, 0.15) is 66.9 Å². The maximum Gasteiger partial charge on any atom is 0.419 e. The lowest BCUT2D eigenvalue weighted by Crippen LogP contribution is -2.66. The highest BCUT2D eigenvalue weighted by Gasteiger charge is 2.47. The lowest BCUT2D eigenvalue weighted by atomic mass is 9.97. The molecule has 0 saturated carbocycles. The maximum absolute atomic E-state index is 13.3. The molecule has 15 heteroatoms. The molecule has 1 aromatic heterocycles. The Morgan fingerprint density at radius 2 is 1.40 bits per heavy atom. The van der Waals surface area contributed by atoms with Crippen LogP contribution >= 0.6 is 0 Å². The fourth-order valence-electron chi connectivity index (χ4n) is 6.92. The number of amides is 5. The van der Waals surface area contributed by atoms with Gasteiger partial charge in [-0.05, 0) is 97.6 Å². The lowest BCUT2D eigenvalue weighted by molar-refractivity contribution is -0.131. The normalized spacial score (nSPS) is 16.6. The molecular formula is C42H55N7O8. The number of aromatic hydroxyl groups is 1. The third-order valence-electron chi connectivity index (χ3n) is 10.3. The lowest BCUT2D eigenvalue weighted by Gasteiger charge is -2.45. The number of unbranched alkanes of at least 4 members (excludes halogenated alkanes) is 1. The van der Waals surface area contributed by atoms with E-state index in [0.29, 0.717) is 55.2 Å². The van der Waals surface area contributed by atoms with Crippen molar-refractivity contribution in [2.24, 2.45) is 7.05 Å². The minimum Gasteiger partial charge on any atom is -0.506 e. The molecule has 6 rings (SSSR count). The van der Waals surface area contributed by atoms with Crippen molar-refractivity contribution < 1.29 is 33.4 Å². The molecule has 0 radical (unpaired) electrons. The van der Waals surface area contributed by atoms with Crippen LogP contribution in [-0.2, 0) is 27.8 Å². The van der Waals surface area contributed by atoms with Crippen LogP contribution < -0.4 is 26.6 Å². The molecule has 4 N–H and O–H groups in total. The summed E-state index contributed by atoms with van der Waals surface area (Å²) in [6.45, 7) is 14.2. The number of fused-ring (bicyclic) bond motifs is 1. The van der Waals surface area contributed by atoms with E-state index in [-0.39, 0.29) is 29.3 Å². The number of nitrogens with zero attached hydrogens (tertiary/aromatic N) is 5. The number of carbonyl (C=O) groups excluding carboxylic acids is 4. The van der Waals surface area contributed by atoms with Gasteiger partial charge in [0, 0.05) is 63.3 Å². The van der Waals surface area contributed by atoms with Crippen molar-refractivity contribution in [1.29, 1.82) is 0 Å². The van der Waals surface area contributed by atoms with Gasteiger partial charge in [0.25, 0.3) is 11.8 Å². The van der Waals surface area contributed by atoms with E-state index in [0.717, 1.165) is 19.3 Å². The van der Waals surface area contributed by atoms with E-state index in [1.165, 1.54) is 21.1 Å². The molecule has 0 spiro atoms. The zero-order valence-corrected chi connectivity index (χ0v) is 34.1. The van der Waals surface area contributed by atoms with E-state index in [1.54, 1.807) is 101 Å². The number of nitrogen functional groups attached to an aromatic ring is 1. The van der Waals surface area contributed by atoms with Crippen molar-refractivity contribution in [2.45, 2.75) is 84.4 Å². The number of hydrogen-bond acceptors (Lipinski definition) is 9. The van der Waals surface area contributed by atoms with Crippen molar-refractivity contribution in [2.75, 3.05) is 48.3 Å². The molecule has 4 aromatic rings. The second kappa shape index (κ2) is 16.6. The number of oxazole rings is 1. The van der Waals surface area contributed by atoms with Crippen LogP contribution in [0.4, 0.5) is 26.7 Å². The van der Waals surface area contributed by atoms with Crippen LogP contribution in [-0.4, -0.2) is 92.8 Å². The Bertz CT molecular complexity index is 2170. The van der Waals surface area contributed by atoms with E-state index in [9.17, 15) is 29.1 Å². The number of hydrogen-bond donors (Lipinski definition) is 3. The van der Waals surface area contributed by atoms with E-state index in [4.69, 9.17) is 14.9 Å². The number of anilines is 3. The van der Waals surface area contributed by atoms with Crippen LogP contribution in [0, 0.1) is 0 Å². The average molecular weight is 786 g/mol. The number of rotatable bonds is 7. The minimum atomic E-state index is -1.06. The van der Waals surface area contributed by atoms with Crippen LogP contribution in [0.15, 0.2) is 75.9 Å². The summed E-state index contributed by atoms with van der Waals surface area (Å²) >= 11 is 0. The molecule has 306 valence electrons. The van der Waals surface area contributed by atoms with Gasteiger partial charge in [-0.2, -0.15) is 0 Å². The summed E-state index contributed by atoms with van der Waals surface area (Å²) < 4.78 is 12.1. The van der Waals surface area contributed by atoms with Gasteiger partial charge >= 0.3 is 17.9 Å². The minimum absolute atomic E-state index is 0.0762. The van der Waals surface area contributed by atoms with Gasteiger partial charge in [-0.1, -0.05) is 30.3 Å². The average Bonchev–Trinajstić information content (AvgIpc) is 3.43. The van der Waals surface area contributed by atoms with Crippen molar-refractivity contribution >= 4 is 52.1 Å². The monoisotopic (exact) mass is 785 g/mol. The third kappa shape index (κ3) is 9.35. The summed E-state index contributed by atoms with van der Waals surface area (Å²) in [6.07, 6.45) is 2.32. The summed E-state index contributed by atoms with van der Waals surface area (Å²) in [6, 6.07) is 20.0. The van der Waals surface area contributed by atoms with Gasteiger partial charge in [0.1, 0.15) is 22.4 Å². The molecule has 2 aliphatic rings. The number of aryl methyl sites for hydroxylation is 2. The van der Waals surface area contributed by atoms with Crippen LogP contribution in [0.25, 0.3) is 11.1 Å². The van der Waals surface area contributed by atoms with Gasteiger partial charge in [0.2, 0.25) is 0 Å². The number of carbonyl (C=O) groups is 4. The highest BCUT2D eigenvalue weighted by Crippen LogP contribution is 2.33. The number of nitrogens with two attached hydrogens (primary N) is 1. The predicted octanol–water partition coefficient (Wildman–Crippen LogP) is 5.63. The Morgan fingerprint density at radius 1 is 0.825 bits per heavy atom. The first-order valence-electron chi connectivity index (χ1n) is 19.1. The number of aromatic nitrogens is 1. The molecular weight excluding hydrogens is 731 g/mol. The van der Waals surface area contributed by atoms with Crippen LogP contribution in [0.5, 0.6) is 5.75 Å². The van der Waals surface area contributed by atoms with E-state index in [1.807, 2.05) is 18.2 Å². The number of phenols is 1. The SMILES string of the molecule is CC(C)(C)OC(=O)N1CCN(c2ccc(N)c(O)c2)C(=O)C1(C)C.Cn1c(=O)oc2cc(N3CCN(C(=O)NCCCCc4ccccc4)C(C)(C)C3=O)ccc21. The Hall–Kier alpha value is -5.99. The molecule has 15 nitrogen and oxygen atoms in total. The van der Waals surface area contributed by atoms with Gasteiger partial charge in [-0.15, -0.1) is 0 Å². The molecule has 2 aliphatic heterocycles. The Balaban J connectivity index is 0.000000230. The number of piperazine rings is 2. The first-order chi connectivity index (χ1) is 26.7. The molecule has 3 aromatic carbocycles. The molecule has 3 heterocycles. The van der Waals surface area contributed by atoms with Gasteiger partial charge < -0.3 is 40.0 Å². The molecule has 0 bridgehead atoms. The molecule has 5 amide bonds. The molecule has 0 atom stereocenters. The number of phenolic OH excluding ortho intramolecular Hbond substituents is 1. The van der Waals surface area contributed by atoms with Gasteiger partial charge in [-0.3, -0.25) is 19.1 Å². The van der Waals surface area contributed by atoms with E-state index in [2.05, 4.69) is 17.4 Å². The van der Waals surface area contributed by atoms with Gasteiger partial charge in [0.05, 0.1) is 11.2 Å². The Morgan fingerprint density at radius 3 is 2.02 bits per heavy atom. The number of benzene rings is 3. The first kappa shape index (κ1) is 42.2. The van der Waals surface area contributed by atoms with E-state index < -0.39 is 28.5 Å². The van der Waals surface area contributed by atoms with Crippen molar-refractivity contribution in [3.63, 3.8) is 0 Å². The van der Waals surface area contributed by atoms with E-state index >= 15 is 0 Å². The van der Waals surface area contributed by atoms with Crippen molar-refractivity contribution in [1.82, 2.24) is 19.7 Å². The van der Waals surface area contributed by atoms with Crippen LogP contribution in [0.2, 0.25) is 0 Å². The second-order valence-electron chi connectivity index (χ2n) is 16.3. The van der Waals surface area contributed by atoms with Crippen molar-refractivity contribution in [3.8, 4) is 5.75 Å². The van der Waals surface area contributed by atoms with Gasteiger partial charge in [0.15, 0.2) is 5.58 Å². The molecule has 2 saturated heterocycles. The zero-order valence-electron chi connectivity index (χ0n) is 34.1. The first-order valence-corrected chi connectivity index (χ1v) is 19.1. The summed E-state index contributed by atoms with van der Waals surface area (Å²) in [5.41, 5.74) is 6.75. The number of nitrogens with one attached hydrogen (secondary N) is 1. The quantitative estimate of drug-likeness (QED) is 0.122. The highest BCUT2D eigenvalue weighted by molar-refractivity contribution is 6.04. The van der Waals surface area contributed by atoms with Crippen molar-refractivity contribution in [3.05, 3.63) is 82.8 Å². The van der Waals surface area contributed by atoms with Gasteiger partial charge in [-0.25, -0.2) is 14.4 Å². The molecule has 0 unspecified atom stereocenters.